The zero-order valence-corrected chi connectivity index (χ0v) is 11.9. The Morgan fingerprint density at radius 2 is 2.16 bits per heavy atom. The highest BCUT2D eigenvalue weighted by Gasteiger charge is 2.16. The standard InChI is InChI=1S/C13H17ClN2O3/c1-9(14)12(17)15-13(18)16(2)8-10-5-4-6-11(7-10)19-3/h4-7,9H,8H2,1-3H3,(H,15,17,18). The molecule has 0 saturated carbocycles. The molecule has 1 unspecified atom stereocenters. The van der Waals surface area contributed by atoms with E-state index >= 15 is 0 Å². The molecule has 19 heavy (non-hydrogen) atoms. The van der Waals surface area contributed by atoms with E-state index in [4.69, 9.17) is 16.3 Å². The minimum absolute atomic E-state index is 0.368. The largest absolute Gasteiger partial charge is 0.497 e. The van der Waals surface area contributed by atoms with E-state index in [1.165, 1.54) is 11.8 Å². The number of carbonyl (C=O) groups excluding carboxylic acids is 2. The number of imide groups is 1. The van der Waals surface area contributed by atoms with Gasteiger partial charge in [0.1, 0.15) is 11.1 Å². The number of rotatable bonds is 4. The van der Waals surface area contributed by atoms with Gasteiger partial charge in [0, 0.05) is 13.6 Å². The van der Waals surface area contributed by atoms with Gasteiger partial charge < -0.3 is 9.64 Å². The van der Waals surface area contributed by atoms with Crippen LogP contribution in [-0.4, -0.2) is 36.4 Å². The zero-order chi connectivity index (χ0) is 14.4. The van der Waals surface area contributed by atoms with Crippen molar-refractivity contribution in [2.24, 2.45) is 0 Å². The molecule has 0 aliphatic carbocycles. The Hall–Kier alpha value is -1.75. The molecule has 0 saturated heterocycles. The molecule has 1 aromatic carbocycles. The van der Waals surface area contributed by atoms with Crippen molar-refractivity contribution in [3.63, 3.8) is 0 Å². The number of carbonyl (C=O) groups is 2. The third kappa shape index (κ3) is 4.79. The summed E-state index contributed by atoms with van der Waals surface area (Å²) in [6, 6.07) is 6.88. The second kappa shape index (κ2) is 6.99. The van der Waals surface area contributed by atoms with Crippen LogP contribution in [0.3, 0.4) is 0 Å². The Bertz CT molecular complexity index is 463. The van der Waals surface area contributed by atoms with Crippen LogP contribution in [0.25, 0.3) is 0 Å². The molecule has 104 valence electrons. The summed E-state index contributed by atoms with van der Waals surface area (Å²) in [4.78, 5) is 24.4. The van der Waals surface area contributed by atoms with Crippen LogP contribution in [0.5, 0.6) is 5.75 Å². The first-order valence-electron chi connectivity index (χ1n) is 5.77. The van der Waals surface area contributed by atoms with Crippen molar-refractivity contribution in [2.45, 2.75) is 18.8 Å². The number of nitrogens with one attached hydrogen (secondary N) is 1. The highest BCUT2D eigenvalue weighted by atomic mass is 35.5. The van der Waals surface area contributed by atoms with Crippen LogP contribution in [0.4, 0.5) is 4.79 Å². The van der Waals surface area contributed by atoms with E-state index in [-0.39, 0.29) is 0 Å². The van der Waals surface area contributed by atoms with Crippen molar-refractivity contribution in [1.29, 1.82) is 0 Å². The lowest BCUT2D eigenvalue weighted by Crippen LogP contribution is -2.42. The highest BCUT2D eigenvalue weighted by molar-refractivity contribution is 6.31. The van der Waals surface area contributed by atoms with Crippen molar-refractivity contribution in [3.8, 4) is 5.75 Å². The van der Waals surface area contributed by atoms with Gasteiger partial charge in [0.15, 0.2) is 0 Å². The third-order valence-corrected chi connectivity index (χ3v) is 2.69. The summed E-state index contributed by atoms with van der Waals surface area (Å²) >= 11 is 5.58. The minimum Gasteiger partial charge on any atom is -0.497 e. The molecule has 3 amide bonds. The summed E-state index contributed by atoms with van der Waals surface area (Å²) in [5.74, 6) is 0.209. The first-order chi connectivity index (χ1) is 8.93. The SMILES string of the molecule is COc1cccc(CN(C)C(=O)NC(=O)C(C)Cl)c1. The summed E-state index contributed by atoms with van der Waals surface area (Å²) < 4.78 is 5.10. The number of ether oxygens (including phenoxy) is 1. The van der Waals surface area contributed by atoms with Crippen LogP contribution in [0.1, 0.15) is 12.5 Å². The Morgan fingerprint density at radius 3 is 2.74 bits per heavy atom. The third-order valence-electron chi connectivity index (χ3n) is 2.49. The van der Waals surface area contributed by atoms with E-state index in [1.807, 2.05) is 24.3 Å². The van der Waals surface area contributed by atoms with E-state index < -0.39 is 17.3 Å². The van der Waals surface area contributed by atoms with Gasteiger partial charge in [-0.15, -0.1) is 11.6 Å². The van der Waals surface area contributed by atoms with Gasteiger partial charge in [-0.25, -0.2) is 4.79 Å². The van der Waals surface area contributed by atoms with Gasteiger partial charge in [-0.05, 0) is 24.6 Å². The summed E-state index contributed by atoms with van der Waals surface area (Å²) in [5.41, 5.74) is 0.906. The molecule has 1 N–H and O–H groups in total. The molecule has 0 aromatic heterocycles. The smallest absolute Gasteiger partial charge is 0.324 e. The van der Waals surface area contributed by atoms with Crippen LogP contribution in [0.15, 0.2) is 24.3 Å². The molecule has 6 heteroatoms. The van der Waals surface area contributed by atoms with Crippen molar-refractivity contribution >= 4 is 23.5 Å². The van der Waals surface area contributed by atoms with E-state index in [1.54, 1.807) is 14.2 Å². The lowest BCUT2D eigenvalue weighted by atomic mass is 10.2. The summed E-state index contributed by atoms with van der Waals surface area (Å²) in [7, 11) is 3.18. The second-order valence-electron chi connectivity index (χ2n) is 4.12. The first-order valence-corrected chi connectivity index (χ1v) is 6.20. The molecular formula is C13H17ClN2O3. The summed E-state index contributed by atoms with van der Waals surface area (Å²) in [6.45, 7) is 1.87. The van der Waals surface area contributed by atoms with Crippen molar-refractivity contribution in [1.82, 2.24) is 10.2 Å². The van der Waals surface area contributed by atoms with Crippen LogP contribution in [0.2, 0.25) is 0 Å². The van der Waals surface area contributed by atoms with Gasteiger partial charge in [0.05, 0.1) is 7.11 Å². The molecule has 0 aliphatic heterocycles. The normalized spacial score (nSPS) is 11.6. The molecule has 1 aromatic rings. The number of benzene rings is 1. The van der Waals surface area contributed by atoms with Crippen LogP contribution < -0.4 is 10.1 Å². The molecule has 1 atom stereocenters. The zero-order valence-electron chi connectivity index (χ0n) is 11.1. The number of halogens is 1. The first kappa shape index (κ1) is 15.3. The topological polar surface area (TPSA) is 58.6 Å². The molecule has 0 aliphatic rings. The molecule has 0 bridgehead atoms. The van der Waals surface area contributed by atoms with Crippen LogP contribution in [-0.2, 0) is 11.3 Å². The van der Waals surface area contributed by atoms with Gasteiger partial charge in [0.25, 0.3) is 0 Å². The molecule has 0 radical (unpaired) electrons. The molecule has 0 fully saturated rings. The highest BCUT2D eigenvalue weighted by Crippen LogP contribution is 2.13. The van der Waals surface area contributed by atoms with Crippen molar-refractivity contribution in [3.05, 3.63) is 29.8 Å². The monoisotopic (exact) mass is 284 g/mol. The number of methoxy groups -OCH3 is 1. The number of nitrogens with zero attached hydrogens (tertiary/aromatic N) is 1. The van der Waals surface area contributed by atoms with Crippen molar-refractivity contribution in [2.75, 3.05) is 14.2 Å². The fourth-order valence-corrected chi connectivity index (χ4v) is 1.47. The Labute approximate surface area is 117 Å². The summed E-state index contributed by atoms with van der Waals surface area (Å²) in [6.07, 6.45) is 0. The van der Waals surface area contributed by atoms with E-state index in [0.717, 1.165) is 11.3 Å². The van der Waals surface area contributed by atoms with Gasteiger partial charge in [-0.2, -0.15) is 0 Å². The van der Waals surface area contributed by atoms with Crippen LogP contribution in [0, 0.1) is 0 Å². The van der Waals surface area contributed by atoms with E-state index in [2.05, 4.69) is 5.32 Å². The second-order valence-corrected chi connectivity index (χ2v) is 4.77. The average Bonchev–Trinajstić information content (AvgIpc) is 2.38. The maximum atomic E-state index is 11.7. The van der Waals surface area contributed by atoms with Gasteiger partial charge in [-0.3, -0.25) is 10.1 Å². The molecule has 0 spiro atoms. The molecular weight excluding hydrogens is 268 g/mol. The quantitative estimate of drug-likeness (QED) is 0.860. The predicted molar refractivity (Wildman–Crippen MR) is 73.3 cm³/mol. The van der Waals surface area contributed by atoms with E-state index in [9.17, 15) is 9.59 Å². The number of hydrogen-bond donors (Lipinski definition) is 1. The molecule has 0 heterocycles. The minimum atomic E-state index is -0.742. The number of amides is 3. The maximum absolute atomic E-state index is 11.7. The van der Waals surface area contributed by atoms with Crippen LogP contribution >= 0.6 is 11.6 Å². The Balaban J connectivity index is 2.60. The van der Waals surface area contributed by atoms with Gasteiger partial charge >= 0.3 is 6.03 Å². The number of alkyl halides is 1. The van der Waals surface area contributed by atoms with Gasteiger partial charge in [0.2, 0.25) is 5.91 Å². The fraction of sp³-hybridized carbons (Fsp3) is 0.385. The van der Waals surface area contributed by atoms with E-state index in [0.29, 0.717) is 6.54 Å². The maximum Gasteiger partial charge on any atom is 0.324 e. The molecule has 1 rings (SSSR count). The number of hydrogen-bond acceptors (Lipinski definition) is 3. The van der Waals surface area contributed by atoms with Gasteiger partial charge in [-0.1, -0.05) is 12.1 Å². The fourth-order valence-electron chi connectivity index (χ4n) is 1.42. The Kier molecular flexibility index (Phi) is 5.63. The number of urea groups is 1. The predicted octanol–water partition coefficient (Wildman–Crippen LogP) is 1.99. The lowest BCUT2D eigenvalue weighted by Gasteiger charge is -2.18. The Morgan fingerprint density at radius 1 is 1.47 bits per heavy atom. The molecule has 5 nitrogen and oxygen atoms in total. The lowest BCUT2D eigenvalue weighted by molar-refractivity contribution is -0.119. The van der Waals surface area contributed by atoms with Crippen molar-refractivity contribution < 1.29 is 14.3 Å². The summed E-state index contributed by atoms with van der Waals surface area (Å²) in [5, 5.41) is 1.47. The average molecular weight is 285 g/mol.